The molecule has 1 atom stereocenters. The van der Waals surface area contributed by atoms with Gasteiger partial charge in [0.2, 0.25) is 5.91 Å². The van der Waals surface area contributed by atoms with Crippen LogP contribution in [0, 0.1) is 0 Å². The zero-order valence-corrected chi connectivity index (χ0v) is 16.0. The fourth-order valence-corrected chi connectivity index (χ4v) is 2.68. The number of rotatable bonds is 8. The van der Waals surface area contributed by atoms with Crippen LogP contribution in [-0.4, -0.2) is 25.5 Å². The predicted molar refractivity (Wildman–Crippen MR) is 104 cm³/mol. The molecule has 144 valence electrons. The number of ether oxygens (including phenoxy) is 2. The average Bonchev–Trinajstić information content (AvgIpc) is 2.71. The molecule has 1 unspecified atom stereocenters. The van der Waals surface area contributed by atoms with Crippen molar-refractivity contribution in [3.8, 4) is 11.5 Å². The number of carbonyl (C=O) groups is 2. The van der Waals surface area contributed by atoms with Gasteiger partial charge in [-0.2, -0.15) is 0 Å². The number of benzene rings is 2. The number of hydrogen-bond donors (Lipinski definition) is 2. The van der Waals surface area contributed by atoms with Crippen LogP contribution in [0.25, 0.3) is 0 Å². The molecule has 6 nitrogen and oxygen atoms in total. The first kappa shape index (κ1) is 20.3. The Morgan fingerprint density at radius 2 is 1.74 bits per heavy atom. The largest absolute Gasteiger partial charge is 0.493 e. The van der Waals surface area contributed by atoms with Crippen LogP contribution in [0.1, 0.15) is 48.5 Å². The first-order chi connectivity index (χ1) is 13.1. The zero-order valence-electron chi connectivity index (χ0n) is 16.0. The van der Waals surface area contributed by atoms with Gasteiger partial charge in [-0.1, -0.05) is 44.2 Å². The summed E-state index contributed by atoms with van der Waals surface area (Å²) in [6, 6.07) is 14.4. The average molecular weight is 370 g/mol. The molecule has 0 heterocycles. The van der Waals surface area contributed by atoms with E-state index in [9.17, 15) is 9.59 Å². The maximum absolute atomic E-state index is 12.4. The first-order valence-corrected chi connectivity index (χ1v) is 9.06. The summed E-state index contributed by atoms with van der Waals surface area (Å²) < 4.78 is 10.9. The molecule has 0 saturated heterocycles. The maximum Gasteiger partial charge on any atom is 0.269 e. The van der Waals surface area contributed by atoms with E-state index in [4.69, 9.17) is 9.47 Å². The van der Waals surface area contributed by atoms with E-state index in [0.717, 1.165) is 12.0 Å². The van der Waals surface area contributed by atoms with Crippen LogP contribution < -0.4 is 20.3 Å². The highest BCUT2D eigenvalue weighted by Gasteiger charge is 2.19. The van der Waals surface area contributed by atoms with Crippen molar-refractivity contribution in [1.82, 2.24) is 10.9 Å². The van der Waals surface area contributed by atoms with Crippen LogP contribution in [0.15, 0.2) is 48.5 Å². The third-order valence-corrected chi connectivity index (χ3v) is 4.11. The zero-order chi connectivity index (χ0) is 19.6. The van der Waals surface area contributed by atoms with E-state index < -0.39 is 5.91 Å². The second-order valence-electron chi connectivity index (χ2n) is 6.03. The molecule has 0 aliphatic rings. The van der Waals surface area contributed by atoms with Crippen molar-refractivity contribution in [3.63, 3.8) is 0 Å². The van der Waals surface area contributed by atoms with Gasteiger partial charge < -0.3 is 9.47 Å². The van der Waals surface area contributed by atoms with E-state index in [0.29, 0.717) is 30.1 Å². The summed E-state index contributed by atoms with van der Waals surface area (Å²) in [4.78, 5) is 24.8. The van der Waals surface area contributed by atoms with Gasteiger partial charge in [-0.05, 0) is 36.6 Å². The molecule has 6 heteroatoms. The number of hydrogen-bond acceptors (Lipinski definition) is 4. The Morgan fingerprint density at radius 3 is 2.37 bits per heavy atom. The molecular formula is C21H26N2O4. The van der Waals surface area contributed by atoms with Gasteiger partial charge in [-0.15, -0.1) is 0 Å². The van der Waals surface area contributed by atoms with Gasteiger partial charge in [0.15, 0.2) is 11.5 Å². The summed E-state index contributed by atoms with van der Waals surface area (Å²) in [5, 5.41) is 0. The number of amides is 2. The van der Waals surface area contributed by atoms with Gasteiger partial charge in [0.25, 0.3) is 5.91 Å². The van der Waals surface area contributed by atoms with Gasteiger partial charge in [0.1, 0.15) is 0 Å². The lowest BCUT2D eigenvalue weighted by molar-refractivity contribution is -0.123. The Bertz CT molecular complexity index is 762. The molecule has 0 aliphatic heterocycles. The second kappa shape index (κ2) is 10.2. The Hall–Kier alpha value is -3.02. The minimum absolute atomic E-state index is 0.257. The van der Waals surface area contributed by atoms with Gasteiger partial charge >= 0.3 is 0 Å². The van der Waals surface area contributed by atoms with Crippen LogP contribution in [0.5, 0.6) is 11.5 Å². The monoisotopic (exact) mass is 370 g/mol. The lowest BCUT2D eigenvalue weighted by Crippen LogP contribution is -2.43. The van der Waals surface area contributed by atoms with E-state index >= 15 is 0 Å². The molecule has 0 aromatic heterocycles. The van der Waals surface area contributed by atoms with E-state index in [1.54, 1.807) is 18.2 Å². The summed E-state index contributed by atoms with van der Waals surface area (Å²) in [7, 11) is 1.52. The van der Waals surface area contributed by atoms with Crippen molar-refractivity contribution in [1.29, 1.82) is 0 Å². The van der Waals surface area contributed by atoms with Crippen LogP contribution in [0.4, 0.5) is 0 Å². The lowest BCUT2D eigenvalue weighted by Gasteiger charge is -2.16. The molecule has 27 heavy (non-hydrogen) atoms. The lowest BCUT2D eigenvalue weighted by atomic mass is 9.96. The molecule has 0 spiro atoms. The summed E-state index contributed by atoms with van der Waals surface area (Å²) in [5.41, 5.74) is 6.24. The first-order valence-electron chi connectivity index (χ1n) is 9.06. The van der Waals surface area contributed by atoms with Crippen molar-refractivity contribution in [3.05, 3.63) is 59.7 Å². The van der Waals surface area contributed by atoms with E-state index in [-0.39, 0.29) is 11.8 Å². The van der Waals surface area contributed by atoms with E-state index in [2.05, 4.69) is 10.9 Å². The van der Waals surface area contributed by atoms with Gasteiger partial charge in [0.05, 0.1) is 19.6 Å². The topological polar surface area (TPSA) is 76.7 Å². The highest BCUT2D eigenvalue weighted by atomic mass is 16.5. The van der Waals surface area contributed by atoms with Gasteiger partial charge in [-0.3, -0.25) is 20.4 Å². The maximum atomic E-state index is 12.4. The molecule has 2 amide bonds. The van der Waals surface area contributed by atoms with Crippen molar-refractivity contribution in [2.45, 2.75) is 32.6 Å². The van der Waals surface area contributed by atoms with Gasteiger partial charge in [0, 0.05) is 5.56 Å². The summed E-state index contributed by atoms with van der Waals surface area (Å²) >= 11 is 0. The third-order valence-electron chi connectivity index (χ3n) is 4.11. The van der Waals surface area contributed by atoms with Crippen molar-refractivity contribution in [2.75, 3.05) is 13.7 Å². The van der Waals surface area contributed by atoms with Crippen LogP contribution in [0.2, 0.25) is 0 Å². The fraction of sp³-hybridized carbons (Fsp3) is 0.333. The van der Waals surface area contributed by atoms with Crippen molar-refractivity contribution < 1.29 is 19.1 Å². The van der Waals surface area contributed by atoms with Crippen molar-refractivity contribution >= 4 is 11.8 Å². The Morgan fingerprint density at radius 1 is 1.00 bits per heavy atom. The minimum Gasteiger partial charge on any atom is -0.493 e. The Labute approximate surface area is 159 Å². The molecule has 0 bridgehead atoms. The Balaban J connectivity index is 2.01. The van der Waals surface area contributed by atoms with Crippen LogP contribution in [0.3, 0.4) is 0 Å². The number of nitrogens with one attached hydrogen (secondary N) is 2. The fourth-order valence-electron chi connectivity index (χ4n) is 2.68. The van der Waals surface area contributed by atoms with Crippen molar-refractivity contribution in [2.24, 2.45) is 0 Å². The van der Waals surface area contributed by atoms with E-state index in [1.165, 1.54) is 7.11 Å². The van der Waals surface area contributed by atoms with Crippen LogP contribution in [-0.2, 0) is 4.79 Å². The molecule has 2 N–H and O–H groups in total. The molecule has 0 radical (unpaired) electrons. The summed E-state index contributed by atoms with van der Waals surface area (Å²) in [6.45, 7) is 4.50. The third kappa shape index (κ3) is 5.48. The summed E-state index contributed by atoms with van der Waals surface area (Å²) in [6.07, 6.45) is 1.50. The molecule has 0 aliphatic carbocycles. The van der Waals surface area contributed by atoms with E-state index in [1.807, 2.05) is 44.2 Å². The molecule has 2 rings (SSSR count). The normalized spacial score (nSPS) is 11.4. The quantitative estimate of drug-likeness (QED) is 0.698. The SMILES string of the molecule is CCCOc1ccc(C(=O)NNC(=O)C(CC)c2ccccc2)cc1OC. The number of methoxy groups -OCH3 is 1. The highest BCUT2D eigenvalue weighted by molar-refractivity contribution is 5.96. The second-order valence-corrected chi connectivity index (χ2v) is 6.03. The molecule has 2 aromatic rings. The number of hydrazine groups is 1. The van der Waals surface area contributed by atoms with Crippen LogP contribution >= 0.6 is 0 Å². The molecule has 2 aromatic carbocycles. The molecular weight excluding hydrogens is 344 g/mol. The highest BCUT2D eigenvalue weighted by Crippen LogP contribution is 2.28. The predicted octanol–water partition coefficient (Wildman–Crippen LogP) is 3.44. The smallest absolute Gasteiger partial charge is 0.269 e. The Kier molecular flexibility index (Phi) is 7.67. The summed E-state index contributed by atoms with van der Waals surface area (Å²) in [5.74, 6) is 0.0394. The molecule has 0 fully saturated rings. The molecule has 0 saturated carbocycles. The number of carbonyl (C=O) groups excluding carboxylic acids is 2. The van der Waals surface area contributed by atoms with Gasteiger partial charge in [-0.25, -0.2) is 0 Å². The minimum atomic E-state index is -0.424. The standard InChI is InChI=1S/C21H26N2O4/c1-4-13-27-18-12-11-16(14-19(18)26-3)20(24)22-23-21(25)17(5-2)15-9-7-6-8-10-15/h6-12,14,17H,4-5,13H2,1-3H3,(H,22,24)(H,23,25).